The summed E-state index contributed by atoms with van der Waals surface area (Å²) in [6.07, 6.45) is 1.34. The van der Waals surface area contributed by atoms with Gasteiger partial charge in [0.2, 0.25) is 0 Å². The van der Waals surface area contributed by atoms with Gasteiger partial charge in [-0.1, -0.05) is 6.92 Å². The predicted octanol–water partition coefficient (Wildman–Crippen LogP) is 1.52. The normalized spacial score (nSPS) is 10.2. The van der Waals surface area contributed by atoms with Crippen molar-refractivity contribution in [3.63, 3.8) is 0 Å². The molecule has 0 aliphatic rings. The third-order valence-corrected chi connectivity index (χ3v) is 0.446. The minimum atomic E-state index is 0. The molecule has 4 heteroatoms. The first-order valence-electron chi connectivity index (χ1n) is 2.26. The van der Waals surface area contributed by atoms with E-state index in [9.17, 15) is 0 Å². The fourth-order valence-corrected chi connectivity index (χ4v) is 0.227. The molecule has 51 valence electrons. The summed E-state index contributed by atoms with van der Waals surface area (Å²) in [7, 11) is 1.53. The summed E-state index contributed by atoms with van der Waals surface area (Å²) in [5.41, 5.74) is 7.23. The van der Waals surface area contributed by atoms with Gasteiger partial charge in [0, 0.05) is 51.2 Å². The van der Waals surface area contributed by atoms with E-state index in [1.165, 1.54) is 13.4 Å². The van der Waals surface area contributed by atoms with E-state index < -0.39 is 0 Å². The minimum absolute atomic E-state index is 0. The molecular weight excluding hydrogens is 333 g/mol. The Kier molecular flexibility index (Phi) is 12.1. The van der Waals surface area contributed by atoms with Gasteiger partial charge in [-0.05, 0) is 0 Å². The molecule has 0 aliphatic carbocycles. The molecule has 1 N–H and O–H groups in total. The molecule has 0 aromatic rings. The fourth-order valence-electron chi connectivity index (χ4n) is 0.227. The monoisotopic (exact) mass is 343 g/mol. The van der Waals surface area contributed by atoms with Crippen molar-refractivity contribution in [1.82, 2.24) is 0 Å². The van der Waals surface area contributed by atoms with Gasteiger partial charge >= 0.3 is 0 Å². The molecule has 0 rings (SSSR count). The van der Waals surface area contributed by atoms with Crippen LogP contribution in [0, 0.1) is 44.1 Å². The number of rotatable bonds is 3. The van der Waals surface area contributed by atoms with Crippen LogP contribution in [0.25, 0.3) is 5.73 Å². The van der Waals surface area contributed by atoms with Crippen LogP contribution in [0.15, 0.2) is 12.0 Å². The average Bonchev–Trinajstić information content (AvgIpc) is 1.66. The van der Waals surface area contributed by atoms with Gasteiger partial charge in [0.05, 0.1) is 6.26 Å². The molecule has 9 heavy (non-hydrogen) atoms. The summed E-state index contributed by atoms with van der Waals surface area (Å²) in [6, 6.07) is 0. The maximum Gasteiger partial charge on any atom is 0.187 e. The summed E-state index contributed by atoms with van der Waals surface area (Å²) in [5, 5.41) is 0. The van der Waals surface area contributed by atoms with Crippen LogP contribution in [0.5, 0.6) is 0 Å². The first-order chi connectivity index (χ1) is 3.77. The number of hydrogen-bond donors (Lipinski definition) is 0. The van der Waals surface area contributed by atoms with E-state index in [-0.39, 0.29) is 50.9 Å². The minimum Gasteiger partial charge on any atom is -0.700 e. The molecule has 0 spiro atoms. The molecule has 0 fully saturated rings. The molecule has 0 aromatic heterocycles. The first-order valence-corrected chi connectivity index (χ1v) is 2.26. The van der Waals surface area contributed by atoms with Crippen LogP contribution in [-0.4, -0.2) is 13.9 Å². The standard InChI is InChI=1S/C5H10NO2.Ac/c1-5(6)3-8-4-7-2;/h3,6H,4H2,1-2H3;/q-1;/b5-3-;. The van der Waals surface area contributed by atoms with Crippen LogP contribution in [0.1, 0.15) is 6.92 Å². The molecular formula is C5H10AcNO2-. The Morgan fingerprint density at radius 1 is 1.67 bits per heavy atom. The first kappa shape index (κ1) is 12.4. The summed E-state index contributed by atoms with van der Waals surface area (Å²) < 4.78 is 9.21. The average molecular weight is 343 g/mol. The maximum atomic E-state index is 6.84. The van der Waals surface area contributed by atoms with Crippen molar-refractivity contribution in [3.05, 3.63) is 17.7 Å². The molecule has 0 saturated carbocycles. The zero-order valence-electron chi connectivity index (χ0n) is 5.68. The van der Waals surface area contributed by atoms with Gasteiger partial charge in [0.1, 0.15) is 0 Å². The second-order valence-electron chi connectivity index (χ2n) is 1.37. The third-order valence-electron chi connectivity index (χ3n) is 0.446. The van der Waals surface area contributed by atoms with Crippen molar-refractivity contribution in [1.29, 1.82) is 0 Å². The van der Waals surface area contributed by atoms with E-state index in [2.05, 4.69) is 9.47 Å². The Balaban J connectivity index is 0. The van der Waals surface area contributed by atoms with Gasteiger partial charge in [-0.15, -0.1) is 5.70 Å². The van der Waals surface area contributed by atoms with Crippen molar-refractivity contribution in [2.45, 2.75) is 6.92 Å². The zero-order valence-corrected chi connectivity index (χ0v) is 10.4. The van der Waals surface area contributed by atoms with Crippen LogP contribution >= 0.6 is 0 Å². The summed E-state index contributed by atoms with van der Waals surface area (Å²) in [4.78, 5) is 0. The molecule has 0 heterocycles. The predicted molar refractivity (Wildman–Crippen MR) is 31.0 cm³/mol. The number of hydrogen-bond acceptors (Lipinski definition) is 2. The summed E-state index contributed by atoms with van der Waals surface area (Å²) in [5.74, 6) is 0. The quantitative estimate of drug-likeness (QED) is 0.443. The molecule has 0 saturated heterocycles. The van der Waals surface area contributed by atoms with E-state index >= 15 is 0 Å². The molecule has 3 nitrogen and oxygen atoms in total. The Morgan fingerprint density at radius 3 is 2.56 bits per heavy atom. The number of ether oxygens (including phenoxy) is 2. The van der Waals surface area contributed by atoms with Gasteiger partial charge in [0.15, 0.2) is 6.79 Å². The smallest absolute Gasteiger partial charge is 0.187 e. The van der Waals surface area contributed by atoms with Gasteiger partial charge in [0.25, 0.3) is 0 Å². The number of nitrogens with one attached hydrogen (secondary N) is 1. The van der Waals surface area contributed by atoms with Crippen LogP contribution in [0.2, 0.25) is 0 Å². The molecule has 1 radical (unpaired) electrons. The van der Waals surface area contributed by atoms with E-state index in [0.29, 0.717) is 5.70 Å². The van der Waals surface area contributed by atoms with Gasteiger partial charge in [-0.25, -0.2) is 0 Å². The van der Waals surface area contributed by atoms with E-state index in [1.807, 2.05) is 0 Å². The summed E-state index contributed by atoms with van der Waals surface area (Å²) >= 11 is 0. The Morgan fingerprint density at radius 2 is 2.22 bits per heavy atom. The molecule has 0 atom stereocenters. The van der Waals surface area contributed by atoms with Crippen molar-refractivity contribution in [2.24, 2.45) is 0 Å². The third kappa shape index (κ3) is 12.1. The maximum absolute atomic E-state index is 6.84. The van der Waals surface area contributed by atoms with Crippen LogP contribution in [0.3, 0.4) is 0 Å². The molecule has 0 unspecified atom stereocenters. The van der Waals surface area contributed by atoms with Crippen molar-refractivity contribution >= 4 is 0 Å². The Bertz CT molecular complexity index is 81.0. The SMILES string of the molecule is COCO/C=C(/C)[NH-].[Ac]. The van der Waals surface area contributed by atoms with Crippen molar-refractivity contribution in [2.75, 3.05) is 13.9 Å². The summed E-state index contributed by atoms with van der Waals surface area (Å²) in [6.45, 7) is 1.85. The second kappa shape index (κ2) is 8.74. The van der Waals surface area contributed by atoms with Gasteiger partial charge in [-0.3, -0.25) is 0 Å². The van der Waals surface area contributed by atoms with Crippen LogP contribution in [0.4, 0.5) is 0 Å². The fraction of sp³-hybridized carbons (Fsp3) is 0.600. The molecule has 0 aliphatic heterocycles. The van der Waals surface area contributed by atoms with Crippen molar-refractivity contribution < 1.29 is 53.5 Å². The molecule has 0 amide bonds. The topological polar surface area (TPSA) is 42.3 Å². The number of allylic oxidation sites excluding steroid dienone is 1. The van der Waals surface area contributed by atoms with E-state index in [0.717, 1.165) is 0 Å². The number of methoxy groups -OCH3 is 1. The van der Waals surface area contributed by atoms with E-state index in [1.54, 1.807) is 6.92 Å². The Hall–Kier alpha value is 0.742. The molecule has 0 bridgehead atoms. The largest absolute Gasteiger partial charge is 0.700 e. The van der Waals surface area contributed by atoms with Crippen LogP contribution in [-0.2, 0) is 9.47 Å². The Labute approximate surface area is 91.1 Å². The second-order valence-corrected chi connectivity index (χ2v) is 1.37. The molecule has 0 aromatic carbocycles. The zero-order chi connectivity index (χ0) is 6.41. The van der Waals surface area contributed by atoms with Gasteiger partial charge < -0.3 is 15.2 Å². The van der Waals surface area contributed by atoms with Gasteiger partial charge in [-0.2, -0.15) is 0 Å². The van der Waals surface area contributed by atoms with E-state index in [4.69, 9.17) is 5.73 Å². The van der Waals surface area contributed by atoms with Crippen molar-refractivity contribution in [3.8, 4) is 0 Å². The van der Waals surface area contributed by atoms with Crippen LogP contribution < -0.4 is 0 Å².